The lowest BCUT2D eigenvalue weighted by molar-refractivity contribution is 0.545. The fourth-order valence-electron chi connectivity index (χ4n) is 1.07. The average molecular weight is 137 g/mol. The predicted molar refractivity (Wildman–Crippen MR) is 37.4 cm³/mol. The Labute approximate surface area is 60.1 Å². The molecule has 3 heteroatoms. The van der Waals surface area contributed by atoms with E-state index in [9.17, 15) is 0 Å². The lowest BCUT2D eigenvalue weighted by atomic mass is 10.3. The highest BCUT2D eigenvalue weighted by atomic mass is 15.3. The van der Waals surface area contributed by atoms with Crippen LogP contribution in [0.1, 0.15) is 19.3 Å². The van der Waals surface area contributed by atoms with Crippen molar-refractivity contribution in [2.45, 2.75) is 25.8 Å². The van der Waals surface area contributed by atoms with E-state index in [1.807, 2.05) is 4.68 Å². The molecule has 1 aromatic heterocycles. The highest BCUT2D eigenvalue weighted by Gasteiger charge is 2.20. The molecule has 0 aliphatic heterocycles. The lowest BCUT2D eigenvalue weighted by Gasteiger charge is -1.96. The van der Waals surface area contributed by atoms with Crippen molar-refractivity contribution in [3.8, 4) is 0 Å². The van der Waals surface area contributed by atoms with E-state index in [2.05, 4.69) is 10.1 Å². The van der Waals surface area contributed by atoms with Gasteiger partial charge in [0.25, 0.3) is 0 Å². The minimum atomic E-state index is 0.990. The minimum absolute atomic E-state index is 0.990. The van der Waals surface area contributed by atoms with Gasteiger partial charge >= 0.3 is 0 Å². The second-order valence-corrected chi connectivity index (χ2v) is 2.89. The van der Waals surface area contributed by atoms with Crippen LogP contribution in [-0.4, -0.2) is 14.8 Å². The molecule has 10 heavy (non-hydrogen) atoms. The monoisotopic (exact) mass is 137 g/mol. The van der Waals surface area contributed by atoms with Gasteiger partial charge in [-0.3, -0.25) is 4.68 Å². The Kier molecular flexibility index (Phi) is 1.42. The van der Waals surface area contributed by atoms with Gasteiger partial charge < -0.3 is 0 Å². The number of hydrogen-bond acceptors (Lipinski definition) is 2. The second-order valence-electron chi connectivity index (χ2n) is 2.89. The maximum absolute atomic E-state index is 4.02. The Balaban J connectivity index is 1.79. The summed E-state index contributed by atoms with van der Waals surface area (Å²) in [6.45, 7) is 1.05. The zero-order valence-electron chi connectivity index (χ0n) is 5.90. The number of hydrogen-bond donors (Lipinski definition) is 0. The summed E-state index contributed by atoms with van der Waals surface area (Å²) in [6.07, 6.45) is 7.50. The Morgan fingerprint density at radius 2 is 2.40 bits per heavy atom. The molecule has 1 saturated carbocycles. The zero-order valence-corrected chi connectivity index (χ0v) is 5.90. The van der Waals surface area contributed by atoms with Crippen molar-refractivity contribution in [3.05, 3.63) is 12.7 Å². The van der Waals surface area contributed by atoms with E-state index < -0.39 is 0 Å². The fourth-order valence-corrected chi connectivity index (χ4v) is 1.07. The van der Waals surface area contributed by atoms with Gasteiger partial charge in [-0.1, -0.05) is 12.8 Å². The van der Waals surface area contributed by atoms with E-state index >= 15 is 0 Å². The van der Waals surface area contributed by atoms with Crippen LogP contribution in [-0.2, 0) is 6.54 Å². The van der Waals surface area contributed by atoms with Crippen molar-refractivity contribution in [2.75, 3.05) is 0 Å². The molecule has 54 valence electrons. The topological polar surface area (TPSA) is 30.7 Å². The van der Waals surface area contributed by atoms with Crippen molar-refractivity contribution in [3.63, 3.8) is 0 Å². The summed E-state index contributed by atoms with van der Waals surface area (Å²) >= 11 is 0. The molecule has 0 bridgehead atoms. The maximum atomic E-state index is 4.02. The molecule has 1 fully saturated rings. The summed E-state index contributed by atoms with van der Waals surface area (Å²) in [5.41, 5.74) is 0. The fraction of sp³-hybridized carbons (Fsp3) is 0.714. The van der Waals surface area contributed by atoms with Gasteiger partial charge in [0.05, 0.1) is 0 Å². The second kappa shape index (κ2) is 2.40. The standard InChI is InChI=1S/C7H11N3/c1-2-7(1)3-4-10-6-8-5-9-10/h5-7H,1-4H2. The Morgan fingerprint density at radius 1 is 1.50 bits per heavy atom. The third-order valence-corrected chi connectivity index (χ3v) is 1.93. The molecule has 0 N–H and O–H groups in total. The molecule has 0 unspecified atom stereocenters. The molecule has 0 radical (unpaired) electrons. The van der Waals surface area contributed by atoms with E-state index in [0.717, 1.165) is 12.5 Å². The first-order valence-corrected chi connectivity index (χ1v) is 3.77. The smallest absolute Gasteiger partial charge is 0.137 e. The van der Waals surface area contributed by atoms with Crippen molar-refractivity contribution in [1.82, 2.24) is 14.8 Å². The van der Waals surface area contributed by atoms with Crippen LogP contribution in [0.25, 0.3) is 0 Å². The van der Waals surface area contributed by atoms with Crippen LogP contribution in [0.3, 0.4) is 0 Å². The Bertz CT molecular complexity index is 189. The first-order valence-electron chi connectivity index (χ1n) is 3.77. The highest BCUT2D eigenvalue weighted by molar-refractivity contribution is 4.72. The Hall–Kier alpha value is -0.860. The van der Waals surface area contributed by atoms with Crippen LogP contribution in [0.2, 0.25) is 0 Å². The molecule has 2 rings (SSSR count). The van der Waals surface area contributed by atoms with Gasteiger partial charge in [0, 0.05) is 6.54 Å². The van der Waals surface area contributed by atoms with E-state index in [1.165, 1.54) is 19.3 Å². The molecule has 1 aliphatic carbocycles. The third-order valence-electron chi connectivity index (χ3n) is 1.93. The van der Waals surface area contributed by atoms with Crippen LogP contribution in [0.15, 0.2) is 12.7 Å². The van der Waals surface area contributed by atoms with Gasteiger partial charge in [0.2, 0.25) is 0 Å². The lowest BCUT2D eigenvalue weighted by Crippen LogP contribution is -1.98. The summed E-state index contributed by atoms with van der Waals surface area (Å²) in [5, 5.41) is 4.02. The summed E-state index contributed by atoms with van der Waals surface area (Å²) in [7, 11) is 0. The van der Waals surface area contributed by atoms with Gasteiger partial charge in [-0.2, -0.15) is 5.10 Å². The molecule has 0 amide bonds. The minimum Gasteiger partial charge on any atom is -0.253 e. The van der Waals surface area contributed by atoms with Gasteiger partial charge in [-0.05, 0) is 12.3 Å². The van der Waals surface area contributed by atoms with E-state index in [1.54, 1.807) is 12.7 Å². The highest BCUT2D eigenvalue weighted by Crippen LogP contribution is 2.32. The number of aromatic nitrogens is 3. The van der Waals surface area contributed by atoms with Crippen LogP contribution in [0.5, 0.6) is 0 Å². The molecule has 0 spiro atoms. The van der Waals surface area contributed by atoms with Crippen LogP contribution >= 0.6 is 0 Å². The molecule has 3 nitrogen and oxygen atoms in total. The zero-order chi connectivity index (χ0) is 6.81. The van der Waals surface area contributed by atoms with Gasteiger partial charge in [-0.25, -0.2) is 4.98 Å². The van der Waals surface area contributed by atoms with Gasteiger partial charge in [0.1, 0.15) is 12.7 Å². The SMILES string of the molecule is c1ncn(CCC2CC2)n1. The third kappa shape index (κ3) is 1.35. The number of nitrogens with zero attached hydrogens (tertiary/aromatic N) is 3. The van der Waals surface area contributed by atoms with Crippen LogP contribution in [0.4, 0.5) is 0 Å². The maximum Gasteiger partial charge on any atom is 0.137 e. The molecule has 0 saturated heterocycles. The van der Waals surface area contributed by atoms with Crippen molar-refractivity contribution >= 4 is 0 Å². The van der Waals surface area contributed by atoms with Crippen LogP contribution < -0.4 is 0 Å². The Morgan fingerprint density at radius 3 is 3.00 bits per heavy atom. The summed E-state index contributed by atoms with van der Waals surface area (Å²) < 4.78 is 1.90. The molecular weight excluding hydrogens is 126 g/mol. The van der Waals surface area contributed by atoms with E-state index in [-0.39, 0.29) is 0 Å². The number of rotatable bonds is 3. The van der Waals surface area contributed by atoms with Crippen LogP contribution in [0, 0.1) is 5.92 Å². The summed E-state index contributed by atoms with van der Waals surface area (Å²) in [5.74, 6) is 0.990. The quantitative estimate of drug-likeness (QED) is 0.624. The molecule has 0 atom stereocenters. The molecule has 1 aliphatic rings. The van der Waals surface area contributed by atoms with E-state index in [0.29, 0.717) is 0 Å². The predicted octanol–water partition coefficient (Wildman–Crippen LogP) is 1.08. The molecular formula is C7H11N3. The van der Waals surface area contributed by atoms with Crippen molar-refractivity contribution in [1.29, 1.82) is 0 Å². The first-order chi connectivity index (χ1) is 4.95. The molecule has 1 heterocycles. The van der Waals surface area contributed by atoms with Gasteiger partial charge in [0.15, 0.2) is 0 Å². The first kappa shape index (κ1) is 5.89. The van der Waals surface area contributed by atoms with Crippen molar-refractivity contribution in [2.24, 2.45) is 5.92 Å². The van der Waals surface area contributed by atoms with E-state index in [4.69, 9.17) is 0 Å². The van der Waals surface area contributed by atoms with Crippen molar-refractivity contribution < 1.29 is 0 Å². The normalized spacial score (nSPS) is 17.6. The number of aryl methyl sites for hydroxylation is 1. The molecule has 0 aromatic carbocycles. The summed E-state index contributed by atoms with van der Waals surface area (Å²) in [4.78, 5) is 3.87. The van der Waals surface area contributed by atoms with Gasteiger partial charge in [-0.15, -0.1) is 0 Å². The summed E-state index contributed by atoms with van der Waals surface area (Å²) in [6, 6.07) is 0. The largest absolute Gasteiger partial charge is 0.253 e. The average Bonchev–Trinajstić information content (AvgIpc) is 2.63. The molecule has 1 aromatic rings.